The van der Waals surface area contributed by atoms with E-state index in [9.17, 15) is 18.0 Å². The molecule has 0 aromatic heterocycles. The maximum absolute atomic E-state index is 13.0. The third kappa shape index (κ3) is 4.42. The Morgan fingerprint density at radius 2 is 1.58 bits per heavy atom. The molecule has 0 aliphatic carbocycles. The van der Waals surface area contributed by atoms with Gasteiger partial charge in [0.2, 0.25) is 0 Å². The fourth-order valence-electron chi connectivity index (χ4n) is 2.23. The largest absolute Gasteiger partial charge is 0.496 e. The lowest BCUT2D eigenvalue weighted by Crippen LogP contribution is -2.35. The monoisotopic (exact) mass is 384 g/mol. The molecule has 1 amide bonds. The highest BCUT2D eigenvalue weighted by molar-refractivity contribution is 7.80. The Bertz CT molecular complexity index is 803. The molecule has 0 heterocycles. The van der Waals surface area contributed by atoms with Crippen LogP contribution in [0.5, 0.6) is 11.5 Å². The van der Waals surface area contributed by atoms with Crippen LogP contribution < -0.4 is 20.1 Å². The average Bonchev–Trinajstić information content (AvgIpc) is 2.60. The topological polar surface area (TPSA) is 59.6 Å². The number of methoxy groups -OCH3 is 2. The third-order valence-corrected chi connectivity index (χ3v) is 3.57. The van der Waals surface area contributed by atoms with Gasteiger partial charge in [-0.3, -0.25) is 10.1 Å². The Morgan fingerprint density at radius 3 is 2.12 bits per heavy atom. The van der Waals surface area contributed by atoms with Crippen LogP contribution in [-0.2, 0) is 6.18 Å². The molecule has 0 aliphatic rings. The van der Waals surface area contributed by atoms with Gasteiger partial charge in [-0.05, 0) is 36.5 Å². The van der Waals surface area contributed by atoms with Crippen molar-refractivity contribution in [3.05, 3.63) is 53.6 Å². The fraction of sp³-hybridized carbons (Fsp3) is 0.176. The number of hydrogen-bond acceptors (Lipinski definition) is 4. The lowest BCUT2D eigenvalue weighted by atomic mass is 10.1. The van der Waals surface area contributed by atoms with E-state index >= 15 is 0 Å². The summed E-state index contributed by atoms with van der Waals surface area (Å²) in [5.41, 5.74) is -1.09. The van der Waals surface area contributed by atoms with Gasteiger partial charge in [0.15, 0.2) is 5.11 Å². The van der Waals surface area contributed by atoms with E-state index < -0.39 is 17.6 Å². The van der Waals surface area contributed by atoms with Crippen LogP contribution in [0.25, 0.3) is 0 Å². The summed E-state index contributed by atoms with van der Waals surface area (Å²) in [7, 11) is 2.75. The van der Waals surface area contributed by atoms with Crippen LogP contribution in [0.3, 0.4) is 0 Å². The first-order valence-corrected chi connectivity index (χ1v) is 7.68. The van der Waals surface area contributed by atoms with Gasteiger partial charge in [-0.15, -0.1) is 0 Å². The standard InChI is InChI=1S/C17H15F3N2O3S/c1-24-12-8-5-9-13(25-2)14(12)15(23)22-16(26)21-11-7-4-3-6-10(11)17(18,19)20/h3-9H,1-2H3,(H2,21,22,23,26). The van der Waals surface area contributed by atoms with Gasteiger partial charge < -0.3 is 14.8 Å². The number of para-hydroxylation sites is 1. The summed E-state index contributed by atoms with van der Waals surface area (Å²) in [4.78, 5) is 12.5. The van der Waals surface area contributed by atoms with E-state index in [1.165, 1.54) is 32.4 Å². The third-order valence-electron chi connectivity index (χ3n) is 3.36. The Kier molecular flexibility index (Phi) is 6.04. The van der Waals surface area contributed by atoms with E-state index in [1.54, 1.807) is 18.2 Å². The van der Waals surface area contributed by atoms with Gasteiger partial charge in [0.05, 0.1) is 25.5 Å². The number of ether oxygens (including phenoxy) is 2. The number of alkyl halides is 3. The molecule has 2 rings (SSSR count). The smallest absolute Gasteiger partial charge is 0.418 e. The predicted octanol–water partition coefficient (Wildman–Crippen LogP) is 3.85. The maximum atomic E-state index is 13.0. The second-order valence-corrected chi connectivity index (χ2v) is 5.40. The van der Waals surface area contributed by atoms with Crippen molar-refractivity contribution in [1.82, 2.24) is 5.32 Å². The summed E-state index contributed by atoms with van der Waals surface area (Å²) in [6.07, 6.45) is -4.56. The molecule has 0 bridgehead atoms. The van der Waals surface area contributed by atoms with Gasteiger partial charge in [-0.2, -0.15) is 13.2 Å². The Balaban J connectivity index is 2.21. The highest BCUT2D eigenvalue weighted by atomic mass is 32.1. The number of carbonyl (C=O) groups excluding carboxylic acids is 1. The molecule has 0 radical (unpaired) electrons. The number of carbonyl (C=O) groups is 1. The Morgan fingerprint density at radius 1 is 1.00 bits per heavy atom. The fourth-order valence-corrected chi connectivity index (χ4v) is 2.44. The van der Waals surface area contributed by atoms with Gasteiger partial charge in [0, 0.05) is 0 Å². The Labute approximate surface area is 153 Å². The van der Waals surface area contributed by atoms with Crippen LogP contribution in [0.4, 0.5) is 18.9 Å². The summed E-state index contributed by atoms with van der Waals surface area (Å²) in [6.45, 7) is 0. The van der Waals surface area contributed by atoms with Crippen molar-refractivity contribution >= 4 is 28.9 Å². The van der Waals surface area contributed by atoms with Crippen molar-refractivity contribution in [3.8, 4) is 11.5 Å². The minimum atomic E-state index is -4.56. The van der Waals surface area contributed by atoms with Crippen LogP contribution in [0, 0.1) is 0 Å². The molecule has 9 heteroatoms. The van der Waals surface area contributed by atoms with Crippen molar-refractivity contribution in [1.29, 1.82) is 0 Å². The lowest BCUT2D eigenvalue weighted by molar-refractivity contribution is -0.136. The summed E-state index contributed by atoms with van der Waals surface area (Å²) in [6, 6.07) is 9.53. The van der Waals surface area contributed by atoms with E-state index in [-0.39, 0.29) is 27.9 Å². The first-order chi connectivity index (χ1) is 12.3. The highest BCUT2D eigenvalue weighted by Gasteiger charge is 2.33. The van der Waals surface area contributed by atoms with E-state index in [2.05, 4.69) is 10.6 Å². The molecule has 0 fully saturated rings. The summed E-state index contributed by atoms with van der Waals surface area (Å²) in [5, 5.41) is 4.43. The molecule has 0 saturated heterocycles. The minimum Gasteiger partial charge on any atom is -0.496 e. The van der Waals surface area contributed by atoms with Gasteiger partial charge in [-0.25, -0.2) is 0 Å². The highest BCUT2D eigenvalue weighted by Crippen LogP contribution is 2.34. The van der Waals surface area contributed by atoms with Crippen LogP contribution in [-0.4, -0.2) is 25.2 Å². The molecule has 138 valence electrons. The molecular weight excluding hydrogens is 369 g/mol. The number of benzene rings is 2. The molecular formula is C17H15F3N2O3S. The zero-order chi connectivity index (χ0) is 19.3. The molecule has 26 heavy (non-hydrogen) atoms. The van der Waals surface area contributed by atoms with Crippen LogP contribution in [0.2, 0.25) is 0 Å². The second kappa shape index (κ2) is 8.05. The second-order valence-electron chi connectivity index (χ2n) is 4.99. The molecule has 0 spiro atoms. The van der Waals surface area contributed by atoms with E-state index in [0.717, 1.165) is 6.07 Å². The van der Waals surface area contributed by atoms with E-state index in [4.69, 9.17) is 21.7 Å². The number of rotatable bonds is 4. The van der Waals surface area contributed by atoms with Crippen molar-refractivity contribution < 1.29 is 27.4 Å². The van der Waals surface area contributed by atoms with E-state index in [1.807, 2.05) is 0 Å². The number of amides is 1. The average molecular weight is 384 g/mol. The number of thiocarbonyl (C=S) groups is 1. The first kappa shape index (κ1) is 19.5. The zero-order valence-corrected chi connectivity index (χ0v) is 14.6. The molecule has 2 aromatic rings. The molecule has 2 N–H and O–H groups in total. The summed E-state index contributed by atoms with van der Waals surface area (Å²) in [5.74, 6) is -0.207. The number of hydrogen-bond donors (Lipinski definition) is 2. The van der Waals surface area contributed by atoms with Crippen molar-refractivity contribution in [2.75, 3.05) is 19.5 Å². The Hall–Kier alpha value is -2.81. The summed E-state index contributed by atoms with van der Waals surface area (Å²) >= 11 is 4.96. The van der Waals surface area contributed by atoms with Gasteiger partial charge in [-0.1, -0.05) is 18.2 Å². The minimum absolute atomic E-state index is 0.0748. The zero-order valence-electron chi connectivity index (χ0n) is 13.8. The van der Waals surface area contributed by atoms with Crippen LogP contribution >= 0.6 is 12.2 Å². The van der Waals surface area contributed by atoms with Gasteiger partial charge in [0.1, 0.15) is 17.1 Å². The van der Waals surface area contributed by atoms with Crippen LogP contribution in [0.15, 0.2) is 42.5 Å². The van der Waals surface area contributed by atoms with Crippen molar-refractivity contribution in [2.24, 2.45) is 0 Å². The quantitative estimate of drug-likeness (QED) is 0.785. The van der Waals surface area contributed by atoms with Crippen molar-refractivity contribution in [2.45, 2.75) is 6.18 Å². The molecule has 2 aromatic carbocycles. The SMILES string of the molecule is COc1cccc(OC)c1C(=O)NC(=S)Nc1ccccc1C(F)(F)F. The summed E-state index contributed by atoms with van der Waals surface area (Å²) < 4.78 is 49.3. The number of nitrogens with one attached hydrogen (secondary N) is 2. The normalized spacial score (nSPS) is 10.8. The predicted molar refractivity (Wildman–Crippen MR) is 94.7 cm³/mol. The first-order valence-electron chi connectivity index (χ1n) is 7.27. The van der Waals surface area contributed by atoms with E-state index in [0.29, 0.717) is 0 Å². The van der Waals surface area contributed by atoms with Gasteiger partial charge in [0.25, 0.3) is 5.91 Å². The van der Waals surface area contributed by atoms with Gasteiger partial charge >= 0.3 is 6.18 Å². The number of anilines is 1. The van der Waals surface area contributed by atoms with Crippen molar-refractivity contribution in [3.63, 3.8) is 0 Å². The van der Waals surface area contributed by atoms with Crippen LogP contribution in [0.1, 0.15) is 15.9 Å². The number of halogens is 3. The molecule has 0 saturated carbocycles. The molecule has 0 aliphatic heterocycles. The molecule has 0 atom stereocenters. The maximum Gasteiger partial charge on any atom is 0.418 e. The molecule has 5 nitrogen and oxygen atoms in total. The molecule has 0 unspecified atom stereocenters. The lowest BCUT2D eigenvalue weighted by Gasteiger charge is -2.16.